The van der Waals surface area contributed by atoms with E-state index < -0.39 is 0 Å². The summed E-state index contributed by atoms with van der Waals surface area (Å²) in [4.78, 5) is 7.59. The summed E-state index contributed by atoms with van der Waals surface area (Å²) in [5, 5.41) is 3.53. The van der Waals surface area contributed by atoms with E-state index in [4.69, 9.17) is 14.5 Å². The highest BCUT2D eigenvalue weighted by atomic mass is 127. The van der Waals surface area contributed by atoms with Crippen LogP contribution in [0.1, 0.15) is 52.0 Å². The molecule has 1 aromatic carbocycles. The summed E-state index contributed by atoms with van der Waals surface area (Å²) in [5.41, 5.74) is 1.40. The monoisotopic (exact) mass is 515 g/mol. The van der Waals surface area contributed by atoms with Crippen molar-refractivity contribution in [3.05, 3.63) is 29.8 Å². The zero-order valence-corrected chi connectivity index (χ0v) is 20.6. The second kappa shape index (κ2) is 12.0. The predicted octanol–water partition coefficient (Wildman–Crippen LogP) is 4.45. The maximum atomic E-state index is 5.69. The van der Waals surface area contributed by atoms with Crippen LogP contribution < -0.4 is 10.1 Å². The number of hydrogen-bond acceptors (Lipinski definition) is 3. The number of piperidine rings is 1. The number of guanidine groups is 1. The highest BCUT2D eigenvalue weighted by molar-refractivity contribution is 14.0. The molecule has 2 aliphatic heterocycles. The first kappa shape index (κ1) is 24.3. The van der Waals surface area contributed by atoms with Crippen LogP contribution in [0.15, 0.2) is 29.3 Å². The third-order valence-corrected chi connectivity index (χ3v) is 6.05. The maximum Gasteiger partial charge on any atom is 0.193 e. The molecular formula is C23H38IN3O2. The molecule has 6 heteroatoms. The third-order valence-electron chi connectivity index (χ3n) is 6.05. The van der Waals surface area contributed by atoms with Gasteiger partial charge < -0.3 is 19.7 Å². The van der Waals surface area contributed by atoms with E-state index in [1.807, 2.05) is 6.92 Å². The molecule has 1 N–H and O–H groups in total. The Hall–Kier alpha value is -1.02. The standard InChI is InChI=1S/C23H37N3O2.HI/c1-4-24-22(26-14-6-7-19(3)17-26)25-18-23(12-15-27-16-13-23)20-8-10-21(11-9-20)28-5-2;/h8-11,19H,4-7,12-18H2,1-3H3,(H,24,25);1H. The average molecular weight is 515 g/mol. The van der Waals surface area contributed by atoms with Gasteiger partial charge in [-0.1, -0.05) is 19.1 Å². The van der Waals surface area contributed by atoms with Gasteiger partial charge >= 0.3 is 0 Å². The Kier molecular flexibility index (Phi) is 10.0. The lowest BCUT2D eigenvalue weighted by Crippen LogP contribution is -2.47. The molecule has 2 heterocycles. The molecule has 0 saturated carbocycles. The van der Waals surface area contributed by atoms with Crippen LogP contribution in [-0.4, -0.2) is 56.9 Å². The quantitative estimate of drug-likeness (QED) is 0.346. The first-order valence-corrected chi connectivity index (χ1v) is 11.0. The van der Waals surface area contributed by atoms with Crippen LogP contribution in [0.2, 0.25) is 0 Å². The van der Waals surface area contributed by atoms with Crippen LogP contribution in [0.25, 0.3) is 0 Å². The van der Waals surface area contributed by atoms with E-state index in [-0.39, 0.29) is 29.4 Å². The fraction of sp³-hybridized carbons (Fsp3) is 0.696. The molecule has 164 valence electrons. The normalized spacial score (nSPS) is 22.0. The largest absolute Gasteiger partial charge is 0.494 e. The summed E-state index contributed by atoms with van der Waals surface area (Å²) in [6.07, 6.45) is 4.60. The van der Waals surface area contributed by atoms with Crippen molar-refractivity contribution in [2.75, 3.05) is 46.0 Å². The Balaban J connectivity index is 0.00000300. The average Bonchev–Trinajstić information content (AvgIpc) is 2.72. The van der Waals surface area contributed by atoms with Gasteiger partial charge in [-0.25, -0.2) is 0 Å². The van der Waals surface area contributed by atoms with Gasteiger partial charge in [-0.15, -0.1) is 24.0 Å². The van der Waals surface area contributed by atoms with Crippen LogP contribution in [0.3, 0.4) is 0 Å². The van der Waals surface area contributed by atoms with E-state index in [9.17, 15) is 0 Å². The Morgan fingerprint density at radius 1 is 1.24 bits per heavy atom. The minimum absolute atomic E-state index is 0. The Labute approximate surface area is 193 Å². The first-order valence-electron chi connectivity index (χ1n) is 11.0. The SMILES string of the molecule is CCNC(=NCC1(c2ccc(OCC)cc2)CCOCC1)N1CCCC(C)C1.I. The fourth-order valence-corrected chi connectivity index (χ4v) is 4.41. The lowest BCUT2D eigenvalue weighted by atomic mass is 9.74. The van der Waals surface area contributed by atoms with E-state index in [2.05, 4.69) is 48.3 Å². The van der Waals surface area contributed by atoms with Crippen LogP contribution in [-0.2, 0) is 10.2 Å². The van der Waals surface area contributed by atoms with Gasteiger partial charge in [0.1, 0.15) is 5.75 Å². The predicted molar refractivity (Wildman–Crippen MR) is 131 cm³/mol. The zero-order chi connectivity index (χ0) is 19.8. The Bertz CT molecular complexity index is 630. The molecule has 0 bridgehead atoms. The molecule has 0 amide bonds. The van der Waals surface area contributed by atoms with Crippen molar-refractivity contribution in [1.29, 1.82) is 0 Å². The van der Waals surface area contributed by atoms with Gasteiger partial charge in [-0.05, 0) is 63.1 Å². The summed E-state index contributed by atoms with van der Waals surface area (Å²) in [5.74, 6) is 2.75. The molecule has 3 rings (SSSR count). The number of benzene rings is 1. The molecule has 1 aromatic rings. The summed E-state index contributed by atoms with van der Waals surface area (Å²) in [6.45, 7) is 12.7. The van der Waals surface area contributed by atoms with E-state index in [0.29, 0.717) is 6.61 Å². The second-order valence-electron chi connectivity index (χ2n) is 8.21. The van der Waals surface area contributed by atoms with E-state index >= 15 is 0 Å². The van der Waals surface area contributed by atoms with Crippen molar-refractivity contribution in [2.24, 2.45) is 10.9 Å². The molecular weight excluding hydrogens is 477 g/mol. The third kappa shape index (κ3) is 6.48. The molecule has 2 aliphatic rings. The molecule has 0 aromatic heterocycles. The van der Waals surface area contributed by atoms with Crippen LogP contribution >= 0.6 is 24.0 Å². The molecule has 29 heavy (non-hydrogen) atoms. The molecule has 0 spiro atoms. The smallest absolute Gasteiger partial charge is 0.193 e. The number of likely N-dealkylation sites (tertiary alicyclic amines) is 1. The van der Waals surface area contributed by atoms with E-state index in [0.717, 1.165) is 69.9 Å². The van der Waals surface area contributed by atoms with Gasteiger partial charge in [0.05, 0.1) is 13.2 Å². The van der Waals surface area contributed by atoms with Crippen molar-refractivity contribution in [2.45, 2.75) is 51.9 Å². The highest BCUT2D eigenvalue weighted by Crippen LogP contribution is 2.36. The summed E-state index contributed by atoms with van der Waals surface area (Å²) >= 11 is 0. The summed E-state index contributed by atoms with van der Waals surface area (Å²) < 4.78 is 11.3. The molecule has 0 aliphatic carbocycles. The van der Waals surface area contributed by atoms with Crippen molar-refractivity contribution in [1.82, 2.24) is 10.2 Å². The van der Waals surface area contributed by atoms with Crippen LogP contribution in [0, 0.1) is 5.92 Å². The number of hydrogen-bond donors (Lipinski definition) is 1. The van der Waals surface area contributed by atoms with Crippen molar-refractivity contribution < 1.29 is 9.47 Å². The van der Waals surface area contributed by atoms with Gasteiger partial charge in [0.2, 0.25) is 0 Å². The molecule has 5 nitrogen and oxygen atoms in total. The first-order chi connectivity index (χ1) is 13.7. The topological polar surface area (TPSA) is 46.1 Å². The minimum Gasteiger partial charge on any atom is -0.494 e. The molecule has 2 fully saturated rings. The lowest BCUT2D eigenvalue weighted by molar-refractivity contribution is 0.0529. The number of halogens is 1. The van der Waals surface area contributed by atoms with Crippen molar-refractivity contribution in [3.63, 3.8) is 0 Å². The zero-order valence-electron chi connectivity index (χ0n) is 18.3. The molecule has 0 radical (unpaired) electrons. The number of nitrogens with one attached hydrogen (secondary N) is 1. The fourth-order valence-electron chi connectivity index (χ4n) is 4.41. The number of nitrogens with zero attached hydrogens (tertiary/aromatic N) is 2. The lowest BCUT2D eigenvalue weighted by Gasteiger charge is -2.38. The minimum atomic E-state index is 0. The maximum absolute atomic E-state index is 5.69. The van der Waals surface area contributed by atoms with Crippen LogP contribution in [0.4, 0.5) is 0 Å². The van der Waals surface area contributed by atoms with Crippen molar-refractivity contribution >= 4 is 29.9 Å². The highest BCUT2D eigenvalue weighted by Gasteiger charge is 2.35. The Morgan fingerprint density at radius 3 is 2.59 bits per heavy atom. The van der Waals surface area contributed by atoms with Gasteiger partial charge in [0, 0.05) is 38.3 Å². The van der Waals surface area contributed by atoms with E-state index in [1.165, 1.54) is 18.4 Å². The van der Waals surface area contributed by atoms with Gasteiger partial charge in [0.25, 0.3) is 0 Å². The van der Waals surface area contributed by atoms with Crippen molar-refractivity contribution in [3.8, 4) is 5.75 Å². The van der Waals surface area contributed by atoms with E-state index in [1.54, 1.807) is 0 Å². The summed E-state index contributed by atoms with van der Waals surface area (Å²) in [7, 11) is 0. The molecule has 1 unspecified atom stereocenters. The van der Waals surface area contributed by atoms with Gasteiger partial charge in [-0.3, -0.25) is 4.99 Å². The second-order valence-corrected chi connectivity index (χ2v) is 8.21. The Morgan fingerprint density at radius 2 is 1.97 bits per heavy atom. The van der Waals surface area contributed by atoms with Gasteiger partial charge in [0.15, 0.2) is 5.96 Å². The number of aliphatic imine (C=N–C) groups is 1. The molecule has 1 atom stereocenters. The van der Waals surface area contributed by atoms with Gasteiger partial charge in [-0.2, -0.15) is 0 Å². The summed E-state index contributed by atoms with van der Waals surface area (Å²) in [6, 6.07) is 8.64. The molecule has 2 saturated heterocycles. The number of ether oxygens (including phenoxy) is 2. The van der Waals surface area contributed by atoms with Crippen LogP contribution in [0.5, 0.6) is 5.75 Å². The number of rotatable bonds is 6.